The van der Waals surface area contributed by atoms with Crippen LogP contribution in [0.1, 0.15) is 43.4 Å². The van der Waals surface area contributed by atoms with Gasteiger partial charge in [-0.25, -0.2) is 9.59 Å². The molecule has 3 aromatic rings. The highest BCUT2D eigenvalue weighted by atomic mass is 35.5. The first-order chi connectivity index (χ1) is 17.9. The van der Waals surface area contributed by atoms with E-state index in [9.17, 15) is 37.3 Å². The number of phenols is 1. The van der Waals surface area contributed by atoms with Gasteiger partial charge in [0.15, 0.2) is 11.3 Å². The third-order valence-corrected chi connectivity index (χ3v) is 8.61. The Morgan fingerprint density at radius 3 is 2.42 bits per heavy atom. The van der Waals surface area contributed by atoms with Crippen LogP contribution in [0.25, 0.3) is 21.4 Å². The number of benzene rings is 1. The monoisotopic (exact) mass is 603 g/mol. The molecule has 1 fully saturated rings. The Morgan fingerprint density at radius 1 is 1.08 bits per heavy atom. The molecule has 0 unspecified atom stereocenters. The lowest BCUT2D eigenvalue weighted by molar-refractivity contribution is -0.197. The Kier molecular flexibility index (Phi) is 8.14. The summed E-state index contributed by atoms with van der Waals surface area (Å²) >= 11 is 12.9. The quantitative estimate of drug-likeness (QED) is 0.154. The van der Waals surface area contributed by atoms with Crippen molar-refractivity contribution in [2.75, 3.05) is 0 Å². The zero-order valence-corrected chi connectivity index (χ0v) is 22.5. The number of thiophene rings is 1. The molecular weight excluding hydrogens is 585 g/mol. The van der Waals surface area contributed by atoms with Crippen molar-refractivity contribution in [1.29, 1.82) is 0 Å². The Morgan fingerprint density at radius 2 is 1.76 bits per heavy atom. The summed E-state index contributed by atoms with van der Waals surface area (Å²) in [5.74, 6) is -2.32. The van der Waals surface area contributed by atoms with E-state index in [-0.39, 0.29) is 56.6 Å². The van der Waals surface area contributed by atoms with E-state index in [4.69, 9.17) is 32.5 Å². The molecule has 2 N–H and O–H groups in total. The molecular formula is C23H19Cl2NO10S2. The molecule has 0 bridgehead atoms. The number of fused-ring (bicyclic) bond motifs is 1. The molecule has 0 spiro atoms. The minimum atomic E-state index is -4.62. The number of aryl methyl sites for hydroxylation is 1. The molecule has 0 saturated carbocycles. The lowest BCUT2D eigenvalue weighted by atomic mass is 10.1. The molecule has 38 heavy (non-hydrogen) atoms. The molecule has 3 heterocycles. The summed E-state index contributed by atoms with van der Waals surface area (Å²) in [6.07, 6.45) is 1.38. The van der Waals surface area contributed by atoms with Crippen molar-refractivity contribution in [2.45, 2.75) is 49.8 Å². The molecule has 1 saturated heterocycles. The van der Waals surface area contributed by atoms with Gasteiger partial charge in [-0.15, -0.1) is 16.4 Å². The third-order valence-electron chi connectivity index (χ3n) is 5.69. The van der Waals surface area contributed by atoms with Crippen molar-refractivity contribution in [2.24, 2.45) is 0 Å². The Labute approximate surface area is 229 Å². The highest BCUT2D eigenvalue weighted by Gasteiger charge is 2.32. The Hall–Kier alpha value is -2.97. The van der Waals surface area contributed by atoms with E-state index in [2.05, 4.69) is 0 Å². The van der Waals surface area contributed by atoms with Crippen LogP contribution in [0.3, 0.4) is 0 Å². The number of carbonyl (C=O) groups is 3. The fraction of sp³-hybridized carbons (Fsp3) is 0.304. The van der Waals surface area contributed by atoms with E-state index >= 15 is 0 Å². The molecule has 2 amide bonds. The van der Waals surface area contributed by atoms with E-state index < -0.39 is 39.3 Å². The van der Waals surface area contributed by atoms with Crippen molar-refractivity contribution < 1.29 is 41.7 Å². The fourth-order valence-corrected chi connectivity index (χ4v) is 6.61. The minimum absolute atomic E-state index is 0.00275. The van der Waals surface area contributed by atoms with Crippen LogP contribution >= 0.6 is 34.5 Å². The molecule has 11 nitrogen and oxygen atoms in total. The normalized spacial score (nSPS) is 14.0. The van der Waals surface area contributed by atoms with Crippen molar-refractivity contribution in [3.05, 3.63) is 43.5 Å². The Balaban J connectivity index is 1.47. The zero-order chi connectivity index (χ0) is 27.8. The van der Waals surface area contributed by atoms with Crippen LogP contribution in [0.5, 0.6) is 5.75 Å². The number of carbonyl (C=O) groups excluding carboxylic acids is 3. The number of unbranched alkanes of at least 4 members (excludes halogenated alkanes) is 2. The molecule has 1 aromatic carbocycles. The second kappa shape index (κ2) is 11.0. The predicted octanol–water partition coefficient (Wildman–Crippen LogP) is 4.49. The minimum Gasteiger partial charge on any atom is -0.505 e. The second-order valence-electron chi connectivity index (χ2n) is 8.37. The summed E-state index contributed by atoms with van der Waals surface area (Å²) in [5, 5.41) is 10.3. The Bertz CT molecular complexity index is 1610. The highest BCUT2D eigenvalue weighted by Crippen LogP contribution is 2.40. The summed E-state index contributed by atoms with van der Waals surface area (Å²) in [7, 11) is -4.62. The molecule has 1 aliphatic heterocycles. The van der Waals surface area contributed by atoms with Crippen molar-refractivity contribution in [1.82, 2.24) is 5.06 Å². The van der Waals surface area contributed by atoms with Crippen LogP contribution in [0.4, 0.5) is 0 Å². The summed E-state index contributed by atoms with van der Waals surface area (Å²) in [4.78, 5) is 52.5. The summed E-state index contributed by atoms with van der Waals surface area (Å²) in [6, 6.07) is 3.89. The summed E-state index contributed by atoms with van der Waals surface area (Å²) in [5.41, 5.74) is -0.930. The van der Waals surface area contributed by atoms with Gasteiger partial charge in [0.1, 0.15) is 9.92 Å². The summed E-state index contributed by atoms with van der Waals surface area (Å²) < 4.78 is 39.0. The molecule has 0 radical (unpaired) electrons. The predicted molar refractivity (Wildman–Crippen MR) is 137 cm³/mol. The number of aromatic hydroxyl groups is 1. The van der Waals surface area contributed by atoms with Gasteiger partial charge >= 0.3 is 11.6 Å². The van der Waals surface area contributed by atoms with Crippen molar-refractivity contribution in [3.8, 4) is 16.2 Å². The average molecular weight is 604 g/mol. The number of imide groups is 1. The van der Waals surface area contributed by atoms with E-state index in [1.54, 1.807) is 0 Å². The van der Waals surface area contributed by atoms with E-state index in [1.165, 1.54) is 18.2 Å². The molecule has 15 heteroatoms. The number of hydrogen-bond donors (Lipinski definition) is 2. The first kappa shape index (κ1) is 28.0. The second-order valence-corrected chi connectivity index (χ2v) is 11.7. The molecule has 1 aliphatic rings. The van der Waals surface area contributed by atoms with Gasteiger partial charge in [-0.1, -0.05) is 29.6 Å². The number of amides is 2. The van der Waals surface area contributed by atoms with E-state index in [1.807, 2.05) is 0 Å². The van der Waals surface area contributed by atoms with Gasteiger partial charge in [0, 0.05) is 34.4 Å². The standard InChI is InChI=1S/C23H19Cl2NO10S2/c24-13-9-11-8-12(23(31)35-22(11)20(25)21(13)30)15-10-16(38(32,33)34)14(37-15)4-2-1-3-5-19(29)36-26-17(27)6-7-18(26)28/h8-10,30H,1-7H2,(H,32,33,34). The summed E-state index contributed by atoms with van der Waals surface area (Å²) in [6.45, 7) is 0. The van der Waals surface area contributed by atoms with Crippen molar-refractivity contribution in [3.63, 3.8) is 0 Å². The zero-order valence-electron chi connectivity index (χ0n) is 19.4. The maximum absolute atomic E-state index is 12.6. The van der Waals surface area contributed by atoms with Gasteiger partial charge < -0.3 is 14.4 Å². The van der Waals surface area contributed by atoms with Gasteiger partial charge in [-0.3, -0.25) is 14.1 Å². The fourth-order valence-electron chi connectivity index (χ4n) is 3.83. The molecule has 0 aliphatic carbocycles. The van der Waals surface area contributed by atoms with Gasteiger partial charge in [-0.05, 0) is 37.5 Å². The van der Waals surface area contributed by atoms with Crippen molar-refractivity contribution >= 4 is 73.4 Å². The first-order valence-electron chi connectivity index (χ1n) is 11.2. The number of nitrogens with zero attached hydrogens (tertiary/aromatic N) is 1. The number of halogens is 2. The number of hydrogen-bond acceptors (Lipinski definition) is 10. The van der Waals surface area contributed by atoms with Crippen LogP contribution < -0.4 is 5.63 Å². The number of phenolic OH excluding ortho intramolecular Hbond substituents is 1. The maximum Gasteiger partial charge on any atom is 0.345 e. The highest BCUT2D eigenvalue weighted by molar-refractivity contribution is 7.86. The maximum atomic E-state index is 12.6. The topological polar surface area (TPSA) is 168 Å². The van der Waals surface area contributed by atoms with Crippen LogP contribution in [-0.2, 0) is 35.8 Å². The smallest absolute Gasteiger partial charge is 0.345 e. The van der Waals surface area contributed by atoms with E-state index in [0.29, 0.717) is 34.6 Å². The first-order valence-corrected chi connectivity index (χ1v) is 14.2. The van der Waals surface area contributed by atoms with Gasteiger partial charge in [-0.2, -0.15) is 8.42 Å². The number of hydroxylamine groups is 2. The van der Waals surface area contributed by atoms with Crippen LogP contribution in [0.15, 0.2) is 32.3 Å². The average Bonchev–Trinajstić information content (AvgIpc) is 3.41. The SMILES string of the molecule is O=C(CCCCCc1sc(-c2cc3cc(Cl)c(O)c(Cl)c3oc2=O)cc1S(=O)(=O)O)ON1C(=O)CCC1=O. The van der Waals surface area contributed by atoms with Crippen LogP contribution in [0.2, 0.25) is 10.0 Å². The van der Waals surface area contributed by atoms with Crippen LogP contribution in [-0.4, -0.2) is 40.9 Å². The van der Waals surface area contributed by atoms with E-state index in [0.717, 1.165) is 11.3 Å². The molecule has 0 atom stereocenters. The van der Waals surface area contributed by atoms with Gasteiger partial charge in [0.2, 0.25) is 0 Å². The lowest BCUT2D eigenvalue weighted by Gasteiger charge is -2.12. The van der Waals surface area contributed by atoms with Gasteiger partial charge in [0.25, 0.3) is 21.9 Å². The van der Waals surface area contributed by atoms with Gasteiger partial charge in [0.05, 0.1) is 10.6 Å². The molecule has 4 rings (SSSR count). The number of rotatable bonds is 9. The third kappa shape index (κ3) is 5.86. The lowest BCUT2D eigenvalue weighted by Crippen LogP contribution is -2.31. The molecule has 2 aromatic heterocycles. The molecule has 202 valence electrons. The largest absolute Gasteiger partial charge is 0.505 e. The van der Waals surface area contributed by atoms with Crippen LogP contribution in [0, 0.1) is 0 Å².